The Morgan fingerprint density at radius 3 is 2.58 bits per heavy atom. The molecule has 0 spiro atoms. The van der Waals surface area contributed by atoms with Gasteiger partial charge >= 0.3 is 0 Å². The number of halogens is 1. The number of rotatable bonds is 5. The summed E-state index contributed by atoms with van der Waals surface area (Å²) in [4.78, 5) is 2.55. The molecule has 1 aliphatic rings. The highest BCUT2D eigenvalue weighted by Crippen LogP contribution is 2.28. The number of nitrogens with zero attached hydrogens (tertiary/aromatic N) is 1. The van der Waals surface area contributed by atoms with E-state index in [2.05, 4.69) is 47.4 Å². The molecule has 100 valence electrons. The van der Waals surface area contributed by atoms with Gasteiger partial charge in [0.1, 0.15) is 0 Å². The molecule has 0 bridgehead atoms. The molecule has 1 fully saturated rings. The molecule has 0 N–H and O–H groups in total. The van der Waals surface area contributed by atoms with Crippen molar-refractivity contribution in [3.05, 3.63) is 48.0 Å². The van der Waals surface area contributed by atoms with E-state index in [1.54, 1.807) is 0 Å². The average Bonchev–Trinajstić information content (AvgIpc) is 2.37. The average molecular weight is 274 g/mol. The van der Waals surface area contributed by atoms with E-state index in [1.807, 2.05) is 0 Å². The summed E-state index contributed by atoms with van der Waals surface area (Å²) in [6.07, 6.45) is 4.04. The van der Waals surface area contributed by atoms with E-state index in [0.717, 1.165) is 25.0 Å². The molecule has 0 heterocycles. The van der Waals surface area contributed by atoms with Crippen molar-refractivity contribution in [1.82, 2.24) is 4.90 Å². The maximum Gasteiger partial charge on any atom is 0.0351 e. The summed E-state index contributed by atoms with van der Waals surface area (Å²) in [5.41, 5.74) is 1.43. The largest absolute Gasteiger partial charge is 0.295 e. The second kappa shape index (κ2) is 5.94. The first-order valence-electron chi connectivity index (χ1n) is 7.15. The van der Waals surface area contributed by atoms with Crippen molar-refractivity contribution in [2.45, 2.75) is 31.8 Å². The number of alkyl halides is 1. The fraction of sp³-hybridized carbons (Fsp3) is 0.412. The Labute approximate surface area is 120 Å². The fourth-order valence-electron chi connectivity index (χ4n) is 2.90. The van der Waals surface area contributed by atoms with Crippen LogP contribution in [-0.2, 0) is 6.54 Å². The van der Waals surface area contributed by atoms with E-state index in [1.165, 1.54) is 35.6 Å². The second-order valence-corrected chi connectivity index (χ2v) is 5.76. The minimum absolute atomic E-state index is 0.723. The maximum atomic E-state index is 5.96. The van der Waals surface area contributed by atoms with Crippen LogP contribution in [-0.4, -0.2) is 23.4 Å². The molecular formula is C17H20ClN. The van der Waals surface area contributed by atoms with Crippen molar-refractivity contribution in [3.8, 4) is 0 Å². The summed E-state index contributed by atoms with van der Waals surface area (Å²) in [7, 11) is 0. The summed E-state index contributed by atoms with van der Waals surface area (Å²) < 4.78 is 0. The van der Waals surface area contributed by atoms with Gasteiger partial charge in [-0.1, -0.05) is 48.9 Å². The molecule has 0 amide bonds. The van der Waals surface area contributed by atoms with Crippen molar-refractivity contribution in [1.29, 1.82) is 0 Å². The number of hydrogen-bond acceptors (Lipinski definition) is 1. The van der Waals surface area contributed by atoms with Crippen molar-refractivity contribution in [2.75, 3.05) is 12.4 Å². The van der Waals surface area contributed by atoms with Crippen LogP contribution in [0.15, 0.2) is 42.5 Å². The van der Waals surface area contributed by atoms with Gasteiger partial charge in [0.15, 0.2) is 0 Å². The highest BCUT2D eigenvalue weighted by atomic mass is 35.5. The molecule has 1 aliphatic carbocycles. The van der Waals surface area contributed by atoms with Crippen LogP contribution in [0.2, 0.25) is 0 Å². The van der Waals surface area contributed by atoms with Crippen molar-refractivity contribution in [3.63, 3.8) is 0 Å². The summed E-state index contributed by atoms with van der Waals surface area (Å²) in [6.45, 7) is 2.02. The van der Waals surface area contributed by atoms with Gasteiger partial charge in [0.2, 0.25) is 0 Å². The predicted octanol–water partition coefficient (Wildman–Crippen LogP) is 4.43. The van der Waals surface area contributed by atoms with Crippen LogP contribution >= 0.6 is 11.6 Å². The number of hydrogen-bond donors (Lipinski definition) is 0. The van der Waals surface area contributed by atoms with Crippen LogP contribution in [0.25, 0.3) is 10.8 Å². The molecule has 1 nitrogen and oxygen atoms in total. The Balaban J connectivity index is 1.86. The van der Waals surface area contributed by atoms with Gasteiger partial charge in [-0.25, -0.2) is 0 Å². The first kappa shape index (κ1) is 13.0. The third kappa shape index (κ3) is 2.77. The quantitative estimate of drug-likeness (QED) is 0.729. The summed E-state index contributed by atoms with van der Waals surface area (Å²) in [6, 6.07) is 16.0. The first-order chi connectivity index (χ1) is 9.38. The molecule has 0 aromatic heterocycles. The SMILES string of the molecule is ClCCN(Cc1cccc2ccccc12)C1CCC1. The van der Waals surface area contributed by atoms with Gasteiger partial charge < -0.3 is 0 Å². The first-order valence-corrected chi connectivity index (χ1v) is 7.68. The third-order valence-corrected chi connectivity index (χ3v) is 4.39. The topological polar surface area (TPSA) is 3.24 Å². The normalized spacial score (nSPS) is 15.9. The van der Waals surface area contributed by atoms with E-state index in [0.29, 0.717) is 0 Å². The lowest BCUT2D eigenvalue weighted by Gasteiger charge is -2.37. The van der Waals surface area contributed by atoms with E-state index in [9.17, 15) is 0 Å². The van der Waals surface area contributed by atoms with Crippen LogP contribution in [0.1, 0.15) is 24.8 Å². The second-order valence-electron chi connectivity index (χ2n) is 5.38. The van der Waals surface area contributed by atoms with E-state index < -0.39 is 0 Å². The Bertz CT molecular complexity index is 542. The molecule has 1 saturated carbocycles. The lowest BCUT2D eigenvalue weighted by Crippen LogP contribution is -2.40. The molecule has 3 rings (SSSR count). The molecule has 0 unspecified atom stereocenters. The Morgan fingerprint density at radius 2 is 1.84 bits per heavy atom. The van der Waals surface area contributed by atoms with E-state index in [-0.39, 0.29) is 0 Å². The third-order valence-electron chi connectivity index (χ3n) is 4.22. The molecule has 0 atom stereocenters. The maximum absolute atomic E-state index is 5.96. The van der Waals surface area contributed by atoms with Gasteiger partial charge in [0, 0.05) is 25.0 Å². The van der Waals surface area contributed by atoms with Gasteiger partial charge in [0.25, 0.3) is 0 Å². The summed E-state index contributed by atoms with van der Waals surface area (Å²) in [5, 5.41) is 2.71. The summed E-state index contributed by atoms with van der Waals surface area (Å²) in [5.74, 6) is 0.723. The van der Waals surface area contributed by atoms with Crippen molar-refractivity contribution in [2.24, 2.45) is 0 Å². The smallest absolute Gasteiger partial charge is 0.0351 e. The number of benzene rings is 2. The van der Waals surface area contributed by atoms with Crippen molar-refractivity contribution < 1.29 is 0 Å². The minimum Gasteiger partial charge on any atom is -0.295 e. The summed E-state index contributed by atoms with van der Waals surface area (Å²) >= 11 is 5.96. The van der Waals surface area contributed by atoms with Gasteiger partial charge in [0.05, 0.1) is 0 Å². The molecule has 19 heavy (non-hydrogen) atoms. The van der Waals surface area contributed by atoms with Crippen LogP contribution in [0.5, 0.6) is 0 Å². The molecule has 0 aliphatic heterocycles. The molecule has 0 saturated heterocycles. The lowest BCUT2D eigenvalue weighted by atomic mass is 9.91. The van der Waals surface area contributed by atoms with Crippen LogP contribution < -0.4 is 0 Å². The van der Waals surface area contributed by atoms with Gasteiger partial charge in [-0.15, -0.1) is 11.6 Å². The zero-order valence-corrected chi connectivity index (χ0v) is 11.9. The molecule has 2 heteroatoms. The highest BCUT2D eigenvalue weighted by molar-refractivity contribution is 6.18. The highest BCUT2D eigenvalue weighted by Gasteiger charge is 2.24. The molecule has 0 radical (unpaired) electrons. The standard InChI is InChI=1S/C17H20ClN/c18-11-12-19(16-8-4-9-16)13-15-7-3-6-14-5-1-2-10-17(14)15/h1-3,5-7,10,16H,4,8-9,11-13H2. The zero-order valence-electron chi connectivity index (χ0n) is 11.2. The van der Waals surface area contributed by atoms with Crippen LogP contribution in [0, 0.1) is 0 Å². The predicted molar refractivity (Wildman–Crippen MR) is 82.7 cm³/mol. The van der Waals surface area contributed by atoms with Gasteiger partial charge in [-0.05, 0) is 29.2 Å². The minimum atomic E-state index is 0.723. The monoisotopic (exact) mass is 273 g/mol. The van der Waals surface area contributed by atoms with Crippen LogP contribution in [0.4, 0.5) is 0 Å². The van der Waals surface area contributed by atoms with Gasteiger partial charge in [-0.3, -0.25) is 4.90 Å². The Morgan fingerprint density at radius 1 is 1.05 bits per heavy atom. The Hall–Kier alpha value is -1.05. The van der Waals surface area contributed by atoms with E-state index in [4.69, 9.17) is 11.6 Å². The van der Waals surface area contributed by atoms with E-state index >= 15 is 0 Å². The zero-order chi connectivity index (χ0) is 13.1. The Kier molecular flexibility index (Phi) is 4.05. The van der Waals surface area contributed by atoms with Crippen LogP contribution in [0.3, 0.4) is 0 Å². The number of fused-ring (bicyclic) bond motifs is 1. The fourth-order valence-corrected chi connectivity index (χ4v) is 3.12. The molecule has 2 aromatic carbocycles. The van der Waals surface area contributed by atoms with Gasteiger partial charge in [-0.2, -0.15) is 0 Å². The van der Waals surface area contributed by atoms with Crippen molar-refractivity contribution >= 4 is 22.4 Å². The lowest BCUT2D eigenvalue weighted by molar-refractivity contribution is 0.128. The molecule has 2 aromatic rings. The molecular weight excluding hydrogens is 254 g/mol.